The van der Waals surface area contributed by atoms with Crippen LogP contribution in [0.2, 0.25) is 0 Å². The molecule has 0 radical (unpaired) electrons. The first-order chi connectivity index (χ1) is 11.8. The summed E-state index contributed by atoms with van der Waals surface area (Å²) in [7, 11) is 0. The molecule has 0 atom stereocenters. The van der Waals surface area contributed by atoms with E-state index in [4.69, 9.17) is 13.9 Å². The highest BCUT2D eigenvalue weighted by Gasteiger charge is 2.17. The zero-order valence-corrected chi connectivity index (χ0v) is 13.7. The molecule has 1 aromatic carbocycles. The van der Waals surface area contributed by atoms with E-state index in [1.165, 1.54) is 0 Å². The van der Waals surface area contributed by atoms with E-state index in [0.29, 0.717) is 43.8 Å². The van der Waals surface area contributed by atoms with Gasteiger partial charge in [0.25, 0.3) is 5.91 Å². The van der Waals surface area contributed by atoms with Crippen molar-refractivity contribution in [2.45, 2.75) is 19.8 Å². The van der Waals surface area contributed by atoms with Crippen molar-refractivity contribution in [3.05, 3.63) is 30.2 Å². The molecule has 0 unspecified atom stereocenters. The van der Waals surface area contributed by atoms with Crippen LogP contribution >= 0.6 is 0 Å². The van der Waals surface area contributed by atoms with Crippen LogP contribution in [0.15, 0.2) is 28.7 Å². The molecule has 2 aromatic rings. The Bertz CT molecular complexity index is 663. The lowest BCUT2D eigenvalue weighted by atomic mass is 10.2. The lowest BCUT2D eigenvalue weighted by Gasteiger charge is -2.26. The van der Waals surface area contributed by atoms with Gasteiger partial charge in [0.1, 0.15) is 5.75 Å². The minimum Gasteiger partial charge on any atom is -0.484 e. The van der Waals surface area contributed by atoms with Crippen molar-refractivity contribution in [1.82, 2.24) is 15.1 Å². The summed E-state index contributed by atoms with van der Waals surface area (Å²) in [5.41, 5.74) is 0.830. The molecule has 0 N–H and O–H groups in total. The molecule has 0 saturated carbocycles. The molecule has 0 aliphatic carbocycles. The van der Waals surface area contributed by atoms with Gasteiger partial charge in [-0.2, -0.15) is 0 Å². The smallest absolute Gasteiger partial charge is 0.260 e. The van der Waals surface area contributed by atoms with Gasteiger partial charge in [0.05, 0.1) is 13.2 Å². The molecular weight excluding hydrogens is 310 g/mol. The van der Waals surface area contributed by atoms with Crippen molar-refractivity contribution in [3.63, 3.8) is 0 Å². The van der Waals surface area contributed by atoms with Crippen LogP contribution < -0.4 is 4.74 Å². The molecule has 1 aliphatic rings. The number of morpholine rings is 1. The van der Waals surface area contributed by atoms with Gasteiger partial charge in [-0.15, -0.1) is 10.2 Å². The number of hydrogen-bond acceptors (Lipinski definition) is 6. The molecule has 1 aliphatic heterocycles. The quantitative estimate of drug-likeness (QED) is 0.805. The van der Waals surface area contributed by atoms with Crippen molar-refractivity contribution < 1.29 is 18.7 Å². The Kier molecular flexibility index (Phi) is 5.43. The van der Waals surface area contributed by atoms with Crippen LogP contribution in [0.5, 0.6) is 5.75 Å². The van der Waals surface area contributed by atoms with Crippen LogP contribution in [0.1, 0.15) is 19.2 Å². The Morgan fingerprint density at radius 3 is 2.67 bits per heavy atom. The van der Waals surface area contributed by atoms with Gasteiger partial charge in [-0.05, 0) is 30.7 Å². The zero-order valence-electron chi connectivity index (χ0n) is 13.7. The fourth-order valence-corrected chi connectivity index (χ4v) is 2.43. The van der Waals surface area contributed by atoms with Crippen LogP contribution in [-0.2, 0) is 16.0 Å². The van der Waals surface area contributed by atoms with Gasteiger partial charge in [-0.3, -0.25) is 4.79 Å². The van der Waals surface area contributed by atoms with Crippen molar-refractivity contribution in [3.8, 4) is 17.2 Å². The number of hydrogen-bond donors (Lipinski definition) is 0. The molecule has 1 fully saturated rings. The molecule has 0 spiro atoms. The molecule has 2 heterocycles. The van der Waals surface area contributed by atoms with Crippen LogP contribution in [0, 0.1) is 0 Å². The maximum absolute atomic E-state index is 12.0. The lowest BCUT2D eigenvalue weighted by molar-refractivity contribution is -0.137. The number of benzene rings is 1. The molecule has 24 heavy (non-hydrogen) atoms. The minimum absolute atomic E-state index is 0.0246. The first kappa shape index (κ1) is 16.4. The standard InChI is InChI=1S/C17H21N3O4/c1-2-3-15-18-19-17(24-15)13-4-6-14(7-5-13)23-12-16(21)20-8-10-22-11-9-20/h4-7H,2-3,8-12H2,1H3. The average molecular weight is 331 g/mol. The van der Waals surface area contributed by atoms with Gasteiger partial charge in [0.2, 0.25) is 11.8 Å². The third-order valence-corrected chi connectivity index (χ3v) is 3.76. The Morgan fingerprint density at radius 1 is 1.21 bits per heavy atom. The fraction of sp³-hybridized carbons (Fsp3) is 0.471. The van der Waals surface area contributed by atoms with E-state index in [0.717, 1.165) is 18.4 Å². The number of nitrogens with zero attached hydrogens (tertiary/aromatic N) is 3. The zero-order chi connectivity index (χ0) is 16.8. The molecule has 7 heteroatoms. The number of amides is 1. The Labute approximate surface area is 140 Å². The highest BCUT2D eigenvalue weighted by molar-refractivity contribution is 5.77. The van der Waals surface area contributed by atoms with Crippen LogP contribution in [0.3, 0.4) is 0 Å². The van der Waals surface area contributed by atoms with Crippen molar-refractivity contribution >= 4 is 5.91 Å². The van der Waals surface area contributed by atoms with Crippen LogP contribution in [0.4, 0.5) is 0 Å². The van der Waals surface area contributed by atoms with E-state index in [-0.39, 0.29) is 12.5 Å². The van der Waals surface area contributed by atoms with Crippen molar-refractivity contribution in [2.24, 2.45) is 0 Å². The van der Waals surface area contributed by atoms with E-state index in [1.807, 2.05) is 12.1 Å². The van der Waals surface area contributed by atoms with Gasteiger partial charge in [0, 0.05) is 25.1 Å². The molecule has 7 nitrogen and oxygen atoms in total. The molecule has 1 saturated heterocycles. The van der Waals surface area contributed by atoms with Crippen molar-refractivity contribution in [1.29, 1.82) is 0 Å². The number of aromatic nitrogens is 2. The summed E-state index contributed by atoms with van der Waals surface area (Å²) in [6.07, 6.45) is 1.74. The summed E-state index contributed by atoms with van der Waals surface area (Å²) in [6.45, 7) is 4.51. The average Bonchev–Trinajstić information content (AvgIpc) is 3.10. The third-order valence-electron chi connectivity index (χ3n) is 3.76. The van der Waals surface area contributed by atoms with E-state index in [1.54, 1.807) is 17.0 Å². The second-order valence-electron chi connectivity index (χ2n) is 5.56. The van der Waals surface area contributed by atoms with Gasteiger partial charge < -0.3 is 18.8 Å². The normalized spacial score (nSPS) is 14.6. The predicted molar refractivity (Wildman–Crippen MR) is 86.6 cm³/mol. The highest BCUT2D eigenvalue weighted by atomic mass is 16.5. The largest absolute Gasteiger partial charge is 0.484 e. The Balaban J connectivity index is 1.54. The number of aryl methyl sites for hydroxylation is 1. The molecule has 3 rings (SSSR count). The molecule has 1 amide bonds. The van der Waals surface area contributed by atoms with E-state index < -0.39 is 0 Å². The van der Waals surface area contributed by atoms with Gasteiger partial charge in [-0.1, -0.05) is 6.92 Å². The maximum atomic E-state index is 12.0. The van der Waals surface area contributed by atoms with Gasteiger partial charge in [0.15, 0.2) is 6.61 Å². The Hall–Kier alpha value is -2.41. The number of carbonyl (C=O) groups excluding carboxylic acids is 1. The summed E-state index contributed by atoms with van der Waals surface area (Å²) in [5, 5.41) is 8.05. The lowest BCUT2D eigenvalue weighted by Crippen LogP contribution is -2.42. The van der Waals surface area contributed by atoms with Crippen LogP contribution in [-0.4, -0.2) is 53.9 Å². The number of rotatable bonds is 6. The molecule has 128 valence electrons. The number of ether oxygens (including phenoxy) is 2. The summed E-state index contributed by atoms with van der Waals surface area (Å²) in [4.78, 5) is 13.8. The first-order valence-electron chi connectivity index (χ1n) is 8.17. The fourth-order valence-electron chi connectivity index (χ4n) is 2.43. The second kappa shape index (κ2) is 7.92. The monoisotopic (exact) mass is 331 g/mol. The van der Waals surface area contributed by atoms with E-state index in [2.05, 4.69) is 17.1 Å². The SMILES string of the molecule is CCCc1nnc(-c2ccc(OCC(=O)N3CCOCC3)cc2)o1. The summed E-state index contributed by atoms with van der Waals surface area (Å²) >= 11 is 0. The summed E-state index contributed by atoms with van der Waals surface area (Å²) in [6, 6.07) is 7.28. The highest BCUT2D eigenvalue weighted by Crippen LogP contribution is 2.21. The second-order valence-corrected chi connectivity index (χ2v) is 5.56. The maximum Gasteiger partial charge on any atom is 0.260 e. The van der Waals surface area contributed by atoms with Crippen molar-refractivity contribution in [2.75, 3.05) is 32.9 Å². The molecule has 0 bridgehead atoms. The van der Waals surface area contributed by atoms with Crippen LogP contribution in [0.25, 0.3) is 11.5 Å². The topological polar surface area (TPSA) is 77.7 Å². The molecule has 1 aromatic heterocycles. The third kappa shape index (κ3) is 4.11. The Morgan fingerprint density at radius 2 is 1.96 bits per heavy atom. The minimum atomic E-state index is -0.0246. The van der Waals surface area contributed by atoms with E-state index in [9.17, 15) is 4.79 Å². The first-order valence-corrected chi connectivity index (χ1v) is 8.17. The molecular formula is C17H21N3O4. The van der Waals surface area contributed by atoms with Gasteiger partial charge in [-0.25, -0.2) is 0 Å². The summed E-state index contributed by atoms with van der Waals surface area (Å²) < 4.78 is 16.4. The predicted octanol–water partition coefficient (Wildman–Crippen LogP) is 1.93. The van der Waals surface area contributed by atoms with Gasteiger partial charge >= 0.3 is 0 Å². The number of carbonyl (C=O) groups is 1. The van der Waals surface area contributed by atoms with E-state index >= 15 is 0 Å². The summed E-state index contributed by atoms with van der Waals surface area (Å²) in [5.74, 6) is 1.75.